The molecule has 0 saturated carbocycles. The van der Waals surface area contributed by atoms with Crippen LogP contribution in [0.15, 0.2) is 24.3 Å². The first-order chi connectivity index (χ1) is 6.89. The van der Waals surface area contributed by atoms with Crippen LogP contribution in [-0.2, 0) is 0 Å². The first-order valence-corrected chi connectivity index (χ1v) is 9.73. The minimum Gasteiger partial charge on any atom is -0.493 e. The van der Waals surface area contributed by atoms with E-state index in [0.717, 1.165) is 10.9 Å². The summed E-state index contributed by atoms with van der Waals surface area (Å²) in [5.74, 6) is 1.32. The molecule has 0 aromatic heterocycles. The molecule has 0 amide bonds. The van der Waals surface area contributed by atoms with E-state index in [-0.39, 0.29) is 0 Å². The van der Waals surface area contributed by atoms with Crippen LogP contribution in [0, 0.1) is 5.92 Å². The van der Waals surface area contributed by atoms with Gasteiger partial charge in [0.05, 0.1) is 6.61 Å². The fourth-order valence-corrected chi connectivity index (χ4v) is 2.68. The van der Waals surface area contributed by atoms with Gasteiger partial charge in [0.2, 0.25) is 0 Å². The van der Waals surface area contributed by atoms with Gasteiger partial charge < -0.3 is 4.74 Å². The van der Waals surface area contributed by atoms with E-state index in [9.17, 15) is 0 Å². The van der Waals surface area contributed by atoms with Gasteiger partial charge in [-0.15, -0.1) is 33.2 Å². The van der Waals surface area contributed by atoms with E-state index < -0.39 is 6.00 Å². The van der Waals surface area contributed by atoms with E-state index in [4.69, 9.17) is 38.0 Å². The largest absolute Gasteiger partial charge is 0.493 e. The average Bonchev–Trinajstić information content (AvgIpc) is 2.14. The molecule has 1 aromatic rings. The minimum absolute atomic E-state index is 0.507. The molecular weight excluding hydrogens is 271 g/mol. The monoisotopic (exact) mass is 282 g/mol. The molecule has 0 saturated heterocycles. The first kappa shape index (κ1) is 13.2. The molecule has 84 valence electrons. The summed E-state index contributed by atoms with van der Waals surface area (Å²) in [7, 11) is 0. The molecule has 0 atom stereocenters. The second-order valence-corrected chi connectivity index (χ2v) is 12.1. The molecule has 0 aliphatic carbocycles. The second kappa shape index (κ2) is 5.44. The smallest absolute Gasteiger partial charge is 0.372 e. The molecule has 1 nitrogen and oxygen atoms in total. The van der Waals surface area contributed by atoms with Gasteiger partial charge in [-0.1, -0.05) is 26.0 Å². The Morgan fingerprint density at radius 3 is 2.07 bits per heavy atom. The molecule has 0 spiro atoms. The highest BCUT2D eigenvalue weighted by atomic mass is 35.8. The lowest BCUT2D eigenvalue weighted by Gasteiger charge is -2.11. The van der Waals surface area contributed by atoms with Crippen molar-refractivity contribution in [1.29, 1.82) is 0 Å². The highest BCUT2D eigenvalue weighted by molar-refractivity contribution is 7.69. The standard InChI is InChI=1S/C10H13Cl3OSi/c1-8(2)7-14-9-3-5-10(6-4-9)15(11,12)13/h3-6,8H,7H2,1-2H3. The number of halogens is 3. The normalized spacial score (nSPS) is 11.9. The van der Waals surface area contributed by atoms with E-state index >= 15 is 0 Å². The topological polar surface area (TPSA) is 9.23 Å². The molecule has 15 heavy (non-hydrogen) atoms. The number of hydrogen-bond donors (Lipinski definition) is 0. The molecule has 0 N–H and O–H groups in total. The van der Waals surface area contributed by atoms with Gasteiger partial charge in [-0.3, -0.25) is 0 Å². The molecule has 0 unspecified atom stereocenters. The van der Waals surface area contributed by atoms with Crippen LogP contribution < -0.4 is 9.92 Å². The van der Waals surface area contributed by atoms with Gasteiger partial charge in [0.1, 0.15) is 5.75 Å². The molecule has 0 bridgehead atoms. The van der Waals surface area contributed by atoms with Gasteiger partial charge in [-0.25, -0.2) is 0 Å². The summed E-state index contributed by atoms with van der Waals surface area (Å²) in [5, 5.41) is 0.782. The van der Waals surface area contributed by atoms with Crippen molar-refractivity contribution in [2.45, 2.75) is 13.8 Å². The molecule has 0 aliphatic rings. The van der Waals surface area contributed by atoms with Crippen molar-refractivity contribution in [2.75, 3.05) is 6.61 Å². The maximum absolute atomic E-state index is 5.87. The zero-order chi connectivity index (χ0) is 11.5. The number of benzene rings is 1. The summed E-state index contributed by atoms with van der Waals surface area (Å²) >= 11 is 17.6. The molecule has 1 aromatic carbocycles. The van der Waals surface area contributed by atoms with Crippen LogP contribution in [0.5, 0.6) is 5.75 Å². The predicted molar refractivity (Wildman–Crippen MR) is 69.7 cm³/mol. The van der Waals surface area contributed by atoms with Crippen LogP contribution in [0.1, 0.15) is 13.8 Å². The summed E-state index contributed by atoms with van der Waals surface area (Å²) in [6.07, 6.45) is 0. The zero-order valence-electron chi connectivity index (χ0n) is 8.64. The van der Waals surface area contributed by atoms with Crippen molar-refractivity contribution in [3.63, 3.8) is 0 Å². The Morgan fingerprint density at radius 2 is 1.67 bits per heavy atom. The van der Waals surface area contributed by atoms with E-state index in [1.165, 1.54) is 0 Å². The summed E-state index contributed by atoms with van der Waals surface area (Å²) in [6, 6.07) is 4.57. The van der Waals surface area contributed by atoms with Crippen molar-refractivity contribution in [3.8, 4) is 5.75 Å². The average molecular weight is 284 g/mol. The van der Waals surface area contributed by atoms with Crippen LogP contribution in [0.4, 0.5) is 0 Å². The third-order valence-corrected chi connectivity index (χ3v) is 4.72. The lowest BCUT2D eigenvalue weighted by molar-refractivity contribution is 0.271. The molecular formula is C10H13Cl3OSi. The Balaban J connectivity index is 2.65. The summed E-state index contributed by atoms with van der Waals surface area (Å²) in [4.78, 5) is 0. The van der Waals surface area contributed by atoms with E-state index in [1.54, 1.807) is 0 Å². The first-order valence-electron chi connectivity index (χ1n) is 4.69. The van der Waals surface area contributed by atoms with Crippen molar-refractivity contribution in [2.24, 2.45) is 5.92 Å². The quantitative estimate of drug-likeness (QED) is 0.606. The van der Waals surface area contributed by atoms with Crippen LogP contribution in [0.25, 0.3) is 0 Å². The minimum atomic E-state index is -2.74. The molecule has 0 radical (unpaired) electrons. The van der Waals surface area contributed by atoms with Crippen molar-refractivity contribution in [1.82, 2.24) is 0 Å². The van der Waals surface area contributed by atoms with E-state index in [1.807, 2.05) is 24.3 Å². The molecule has 0 fully saturated rings. The maximum atomic E-state index is 5.87. The number of rotatable bonds is 4. The fourth-order valence-electron chi connectivity index (χ4n) is 1.00. The Labute approximate surface area is 105 Å². The zero-order valence-corrected chi connectivity index (χ0v) is 11.9. The Kier molecular flexibility index (Phi) is 4.78. The fraction of sp³-hybridized carbons (Fsp3) is 0.400. The third kappa shape index (κ3) is 4.64. The number of ether oxygens (including phenoxy) is 1. The SMILES string of the molecule is CC(C)COc1ccc([Si](Cl)(Cl)Cl)cc1. The summed E-state index contributed by atoms with van der Waals surface area (Å²) in [6.45, 7) is 4.90. The van der Waals surface area contributed by atoms with Crippen molar-refractivity contribution < 1.29 is 4.74 Å². The maximum Gasteiger partial charge on any atom is 0.372 e. The Morgan fingerprint density at radius 1 is 1.13 bits per heavy atom. The van der Waals surface area contributed by atoms with Gasteiger partial charge >= 0.3 is 6.00 Å². The van der Waals surface area contributed by atoms with Crippen LogP contribution >= 0.6 is 33.2 Å². The molecule has 0 aliphatic heterocycles. The van der Waals surface area contributed by atoms with Gasteiger partial charge in [-0.2, -0.15) is 0 Å². The second-order valence-electron chi connectivity index (χ2n) is 3.73. The van der Waals surface area contributed by atoms with Gasteiger partial charge in [0, 0.05) is 0 Å². The Hall–Kier alpha value is 0.107. The summed E-state index contributed by atoms with van der Waals surface area (Å²) in [5.41, 5.74) is 0. The van der Waals surface area contributed by atoms with Crippen LogP contribution in [0.2, 0.25) is 0 Å². The summed E-state index contributed by atoms with van der Waals surface area (Å²) < 4.78 is 5.52. The molecule has 0 heterocycles. The predicted octanol–water partition coefficient (Wildman–Crippen LogP) is 3.58. The third-order valence-electron chi connectivity index (χ3n) is 1.76. The van der Waals surface area contributed by atoms with Crippen molar-refractivity contribution in [3.05, 3.63) is 24.3 Å². The molecule has 5 heteroatoms. The number of hydrogen-bond acceptors (Lipinski definition) is 1. The van der Waals surface area contributed by atoms with Gasteiger partial charge in [0.25, 0.3) is 0 Å². The van der Waals surface area contributed by atoms with Crippen LogP contribution in [-0.4, -0.2) is 12.6 Å². The van der Waals surface area contributed by atoms with E-state index in [0.29, 0.717) is 12.5 Å². The van der Waals surface area contributed by atoms with E-state index in [2.05, 4.69) is 13.8 Å². The lowest BCUT2D eigenvalue weighted by atomic mass is 10.2. The Bertz CT molecular complexity index is 305. The lowest BCUT2D eigenvalue weighted by Crippen LogP contribution is -2.29. The highest BCUT2D eigenvalue weighted by Gasteiger charge is 2.27. The molecule has 1 rings (SSSR count). The van der Waals surface area contributed by atoms with Crippen LogP contribution in [0.3, 0.4) is 0 Å². The van der Waals surface area contributed by atoms with Gasteiger partial charge in [-0.05, 0) is 23.2 Å². The van der Waals surface area contributed by atoms with Crippen molar-refractivity contribution >= 4 is 44.4 Å². The highest BCUT2D eigenvalue weighted by Crippen LogP contribution is 2.20. The van der Waals surface area contributed by atoms with Gasteiger partial charge in [0.15, 0.2) is 0 Å².